The van der Waals surface area contributed by atoms with Gasteiger partial charge in [0.05, 0.1) is 6.61 Å². The van der Waals surface area contributed by atoms with E-state index in [0.717, 1.165) is 38.2 Å². The van der Waals surface area contributed by atoms with E-state index in [1.807, 2.05) is 6.07 Å². The van der Waals surface area contributed by atoms with E-state index in [4.69, 9.17) is 9.47 Å². The van der Waals surface area contributed by atoms with Crippen molar-refractivity contribution in [2.45, 2.75) is 32.6 Å². The maximum atomic E-state index is 5.68. The Morgan fingerprint density at radius 1 is 1.12 bits per heavy atom. The number of hydrogen-bond acceptors (Lipinski definition) is 2. The zero-order chi connectivity index (χ0) is 11.6. The molecule has 0 radical (unpaired) electrons. The van der Waals surface area contributed by atoms with Crippen molar-refractivity contribution in [3.63, 3.8) is 0 Å². The van der Waals surface area contributed by atoms with Gasteiger partial charge in [-0.3, -0.25) is 0 Å². The average molecular weight is 222 g/mol. The summed E-state index contributed by atoms with van der Waals surface area (Å²) in [6, 6.07) is 8.38. The molecule has 0 aliphatic heterocycles. The first-order valence-electron chi connectivity index (χ1n) is 6.07. The maximum Gasteiger partial charge on any atom is 0.119 e. The first kappa shape index (κ1) is 13.0. The molecule has 2 heteroatoms. The molecule has 1 aromatic rings. The molecule has 0 aliphatic rings. The predicted molar refractivity (Wildman–Crippen MR) is 67.0 cm³/mol. The van der Waals surface area contributed by atoms with E-state index < -0.39 is 0 Å². The van der Waals surface area contributed by atoms with E-state index >= 15 is 0 Å². The van der Waals surface area contributed by atoms with E-state index in [9.17, 15) is 0 Å². The van der Waals surface area contributed by atoms with Crippen molar-refractivity contribution in [2.75, 3.05) is 20.3 Å². The monoisotopic (exact) mass is 222 g/mol. The van der Waals surface area contributed by atoms with E-state index in [0.29, 0.717) is 0 Å². The molecule has 0 aromatic heterocycles. The van der Waals surface area contributed by atoms with Crippen LogP contribution in [0.25, 0.3) is 0 Å². The molecule has 0 aliphatic carbocycles. The summed E-state index contributed by atoms with van der Waals surface area (Å²) in [4.78, 5) is 0. The zero-order valence-electron chi connectivity index (χ0n) is 10.4. The number of methoxy groups -OCH3 is 1. The van der Waals surface area contributed by atoms with Gasteiger partial charge < -0.3 is 9.47 Å². The van der Waals surface area contributed by atoms with Crippen LogP contribution in [0.1, 0.15) is 31.7 Å². The molecule has 0 fully saturated rings. The quantitative estimate of drug-likeness (QED) is 0.627. The number of rotatable bonds is 8. The summed E-state index contributed by atoms with van der Waals surface area (Å²) in [5.74, 6) is 0.989. The highest BCUT2D eigenvalue weighted by atomic mass is 16.5. The summed E-state index contributed by atoms with van der Waals surface area (Å²) >= 11 is 0. The molecule has 2 nitrogen and oxygen atoms in total. The summed E-state index contributed by atoms with van der Waals surface area (Å²) < 4.78 is 10.7. The fraction of sp³-hybridized carbons (Fsp3) is 0.571. The summed E-state index contributed by atoms with van der Waals surface area (Å²) in [5.41, 5.74) is 1.36. The van der Waals surface area contributed by atoms with Crippen molar-refractivity contribution < 1.29 is 9.47 Å². The molecule has 0 saturated heterocycles. The Bertz CT molecular complexity index is 284. The Balaban J connectivity index is 2.27. The van der Waals surface area contributed by atoms with Gasteiger partial charge in [0, 0.05) is 13.7 Å². The van der Waals surface area contributed by atoms with Crippen LogP contribution in [0.2, 0.25) is 0 Å². The first-order valence-corrected chi connectivity index (χ1v) is 6.07. The van der Waals surface area contributed by atoms with Crippen LogP contribution < -0.4 is 4.74 Å². The normalized spacial score (nSPS) is 10.4. The van der Waals surface area contributed by atoms with Crippen LogP contribution in [-0.4, -0.2) is 20.3 Å². The average Bonchev–Trinajstić information content (AvgIpc) is 2.30. The molecule has 0 N–H and O–H groups in total. The van der Waals surface area contributed by atoms with Crippen LogP contribution in [0.5, 0.6) is 5.75 Å². The van der Waals surface area contributed by atoms with Crippen molar-refractivity contribution in [1.29, 1.82) is 0 Å². The van der Waals surface area contributed by atoms with Crippen LogP contribution in [-0.2, 0) is 11.2 Å². The lowest BCUT2D eigenvalue weighted by Crippen LogP contribution is -1.99. The minimum absolute atomic E-state index is 0.777. The highest BCUT2D eigenvalue weighted by molar-refractivity contribution is 5.28. The number of ether oxygens (including phenoxy) is 2. The topological polar surface area (TPSA) is 18.5 Å². The van der Waals surface area contributed by atoms with E-state index in [1.165, 1.54) is 12.0 Å². The summed E-state index contributed by atoms with van der Waals surface area (Å²) in [5, 5.41) is 0. The largest absolute Gasteiger partial charge is 0.494 e. The summed E-state index contributed by atoms with van der Waals surface area (Å²) in [6.45, 7) is 3.79. The molecule has 16 heavy (non-hydrogen) atoms. The molecule has 1 aromatic carbocycles. The summed E-state index contributed by atoms with van der Waals surface area (Å²) in [7, 11) is 1.73. The third-order valence-electron chi connectivity index (χ3n) is 2.45. The van der Waals surface area contributed by atoms with Gasteiger partial charge in [0.25, 0.3) is 0 Å². The molecule has 0 atom stereocenters. The Labute approximate surface area is 98.6 Å². The van der Waals surface area contributed by atoms with E-state index in [-0.39, 0.29) is 0 Å². The van der Waals surface area contributed by atoms with Gasteiger partial charge in [0.2, 0.25) is 0 Å². The van der Waals surface area contributed by atoms with Crippen molar-refractivity contribution in [2.24, 2.45) is 0 Å². The molecular weight excluding hydrogens is 200 g/mol. The SMILES string of the molecule is CCCc1cccc(OCCCCOC)c1. The van der Waals surface area contributed by atoms with Crippen molar-refractivity contribution >= 4 is 0 Å². The van der Waals surface area contributed by atoms with E-state index in [2.05, 4.69) is 25.1 Å². The minimum atomic E-state index is 0.777. The van der Waals surface area contributed by atoms with Crippen LogP contribution >= 0.6 is 0 Å². The van der Waals surface area contributed by atoms with Crippen molar-refractivity contribution in [3.8, 4) is 5.75 Å². The molecule has 0 bridgehead atoms. The third-order valence-corrected chi connectivity index (χ3v) is 2.45. The highest BCUT2D eigenvalue weighted by Crippen LogP contribution is 2.14. The molecule has 0 spiro atoms. The Hall–Kier alpha value is -1.02. The molecule has 1 rings (SSSR count). The molecule has 0 heterocycles. The van der Waals surface area contributed by atoms with Gasteiger partial charge in [-0.2, -0.15) is 0 Å². The van der Waals surface area contributed by atoms with Crippen LogP contribution in [0.15, 0.2) is 24.3 Å². The van der Waals surface area contributed by atoms with Crippen LogP contribution in [0.3, 0.4) is 0 Å². The lowest BCUT2D eigenvalue weighted by molar-refractivity contribution is 0.184. The fourth-order valence-corrected chi connectivity index (χ4v) is 1.62. The Morgan fingerprint density at radius 3 is 2.69 bits per heavy atom. The molecular formula is C14H22O2. The van der Waals surface area contributed by atoms with Gasteiger partial charge in [-0.15, -0.1) is 0 Å². The molecule has 0 amide bonds. The van der Waals surface area contributed by atoms with Gasteiger partial charge in [-0.1, -0.05) is 25.5 Å². The second-order valence-corrected chi connectivity index (χ2v) is 3.95. The smallest absolute Gasteiger partial charge is 0.119 e. The maximum absolute atomic E-state index is 5.68. The number of unbranched alkanes of at least 4 members (excludes halogenated alkanes) is 1. The van der Waals surface area contributed by atoms with Gasteiger partial charge in [0.15, 0.2) is 0 Å². The number of benzene rings is 1. The Kier molecular flexibility index (Phi) is 6.66. The predicted octanol–water partition coefficient (Wildman–Crippen LogP) is 3.44. The highest BCUT2D eigenvalue weighted by Gasteiger charge is 1.96. The molecule has 0 saturated carbocycles. The van der Waals surface area contributed by atoms with Gasteiger partial charge in [0.1, 0.15) is 5.75 Å². The van der Waals surface area contributed by atoms with Crippen LogP contribution in [0.4, 0.5) is 0 Å². The Morgan fingerprint density at radius 2 is 1.94 bits per heavy atom. The number of hydrogen-bond donors (Lipinski definition) is 0. The minimum Gasteiger partial charge on any atom is -0.494 e. The third kappa shape index (κ3) is 5.17. The molecule has 0 unspecified atom stereocenters. The number of aryl methyl sites for hydroxylation is 1. The van der Waals surface area contributed by atoms with Crippen molar-refractivity contribution in [1.82, 2.24) is 0 Å². The van der Waals surface area contributed by atoms with Crippen molar-refractivity contribution in [3.05, 3.63) is 29.8 Å². The standard InChI is InChI=1S/C14H22O2/c1-3-7-13-8-6-9-14(12-13)16-11-5-4-10-15-2/h6,8-9,12H,3-5,7,10-11H2,1-2H3. The second-order valence-electron chi connectivity index (χ2n) is 3.95. The van der Waals surface area contributed by atoms with Gasteiger partial charge >= 0.3 is 0 Å². The molecule has 90 valence electrons. The lowest BCUT2D eigenvalue weighted by Gasteiger charge is -2.07. The van der Waals surface area contributed by atoms with Gasteiger partial charge in [-0.05, 0) is 37.0 Å². The lowest BCUT2D eigenvalue weighted by atomic mass is 10.1. The van der Waals surface area contributed by atoms with Crippen LogP contribution in [0, 0.1) is 0 Å². The van der Waals surface area contributed by atoms with Gasteiger partial charge in [-0.25, -0.2) is 0 Å². The fourth-order valence-electron chi connectivity index (χ4n) is 1.62. The van der Waals surface area contributed by atoms with E-state index in [1.54, 1.807) is 7.11 Å². The summed E-state index contributed by atoms with van der Waals surface area (Å²) in [6.07, 6.45) is 4.41. The second kappa shape index (κ2) is 8.17. The first-order chi connectivity index (χ1) is 7.86. The zero-order valence-corrected chi connectivity index (χ0v) is 10.4.